The lowest BCUT2D eigenvalue weighted by molar-refractivity contribution is 0.565. The topological polar surface area (TPSA) is 38.0 Å². The Morgan fingerprint density at radius 3 is 2.00 bits per heavy atom. The maximum atomic E-state index is 13.3. The first-order chi connectivity index (χ1) is 9.02. The average Bonchev–Trinajstić information content (AvgIpc) is 2.32. The molecule has 2 aromatic carbocycles. The van der Waals surface area contributed by atoms with E-state index < -0.39 is 17.7 Å². The molecule has 2 rings (SSSR count). The Bertz CT molecular complexity index is 556. The highest BCUT2D eigenvalue weighted by Crippen LogP contribution is 2.28. The summed E-state index contributed by atoms with van der Waals surface area (Å²) in [4.78, 5) is 0. The van der Waals surface area contributed by atoms with E-state index in [0.29, 0.717) is 5.56 Å². The molecule has 1 atom stereocenters. The molecule has 0 radical (unpaired) electrons. The molecule has 1 unspecified atom stereocenters. The third kappa shape index (κ3) is 2.80. The van der Waals surface area contributed by atoms with Gasteiger partial charge in [-0.1, -0.05) is 18.2 Å². The van der Waals surface area contributed by atoms with E-state index in [2.05, 4.69) is 5.43 Å². The second kappa shape index (κ2) is 5.47. The van der Waals surface area contributed by atoms with Gasteiger partial charge in [0, 0.05) is 6.07 Å². The Kier molecular flexibility index (Phi) is 3.93. The number of hydrogen-bond acceptors (Lipinski definition) is 2. The van der Waals surface area contributed by atoms with Crippen LogP contribution in [0.4, 0.5) is 8.78 Å². The molecule has 0 fully saturated rings. The summed E-state index contributed by atoms with van der Waals surface area (Å²) in [7, 11) is 0. The molecule has 3 N–H and O–H groups in total. The van der Waals surface area contributed by atoms with Crippen molar-refractivity contribution in [2.75, 3.05) is 0 Å². The van der Waals surface area contributed by atoms with Crippen molar-refractivity contribution in [2.45, 2.75) is 19.9 Å². The fraction of sp³-hybridized carbons (Fsp3) is 0.200. The van der Waals surface area contributed by atoms with Crippen LogP contribution in [0.5, 0.6) is 0 Å². The molecule has 0 saturated heterocycles. The van der Waals surface area contributed by atoms with Gasteiger partial charge in [0.1, 0.15) is 11.6 Å². The number of halogens is 2. The molecule has 0 aromatic heterocycles. The standard InChI is InChI=1S/C15H16F2N2/c1-9-4-3-5-10(2)14(9)15(19-18)11-6-12(16)8-13(17)7-11/h3-8,15,19H,18H2,1-2H3. The number of benzene rings is 2. The quantitative estimate of drug-likeness (QED) is 0.658. The molecule has 2 nitrogen and oxygen atoms in total. The number of hydrazine groups is 1. The van der Waals surface area contributed by atoms with E-state index in [-0.39, 0.29) is 0 Å². The largest absolute Gasteiger partial charge is 0.271 e. The molecule has 0 bridgehead atoms. The zero-order valence-electron chi connectivity index (χ0n) is 10.9. The number of nitrogens with one attached hydrogen (secondary N) is 1. The van der Waals surface area contributed by atoms with Crippen molar-refractivity contribution in [3.8, 4) is 0 Å². The van der Waals surface area contributed by atoms with E-state index in [4.69, 9.17) is 5.84 Å². The van der Waals surface area contributed by atoms with E-state index in [0.717, 1.165) is 22.8 Å². The molecular formula is C15H16F2N2. The summed E-state index contributed by atoms with van der Waals surface area (Å²) >= 11 is 0. The van der Waals surface area contributed by atoms with Gasteiger partial charge in [-0.3, -0.25) is 5.84 Å². The number of hydrogen-bond donors (Lipinski definition) is 2. The van der Waals surface area contributed by atoms with Crippen LogP contribution in [0.3, 0.4) is 0 Å². The molecule has 0 aliphatic carbocycles. The highest BCUT2D eigenvalue weighted by molar-refractivity contribution is 5.42. The fourth-order valence-electron chi connectivity index (χ4n) is 2.37. The zero-order valence-corrected chi connectivity index (χ0v) is 10.9. The van der Waals surface area contributed by atoms with Gasteiger partial charge < -0.3 is 0 Å². The van der Waals surface area contributed by atoms with Gasteiger partial charge in [0.05, 0.1) is 6.04 Å². The third-order valence-corrected chi connectivity index (χ3v) is 3.22. The predicted octanol–water partition coefficient (Wildman–Crippen LogP) is 3.13. The van der Waals surface area contributed by atoms with Crippen LogP contribution in [0, 0.1) is 25.5 Å². The average molecular weight is 262 g/mol. The van der Waals surface area contributed by atoms with Gasteiger partial charge in [0.15, 0.2) is 0 Å². The van der Waals surface area contributed by atoms with Gasteiger partial charge in [0.2, 0.25) is 0 Å². The smallest absolute Gasteiger partial charge is 0.126 e. The Morgan fingerprint density at radius 1 is 1.00 bits per heavy atom. The normalized spacial score (nSPS) is 12.5. The maximum absolute atomic E-state index is 13.3. The first-order valence-electron chi connectivity index (χ1n) is 6.01. The minimum absolute atomic E-state index is 0.439. The van der Waals surface area contributed by atoms with Gasteiger partial charge in [-0.15, -0.1) is 0 Å². The van der Waals surface area contributed by atoms with Crippen molar-refractivity contribution in [1.82, 2.24) is 5.43 Å². The van der Waals surface area contributed by atoms with Gasteiger partial charge in [-0.05, 0) is 48.2 Å². The third-order valence-electron chi connectivity index (χ3n) is 3.22. The van der Waals surface area contributed by atoms with Crippen molar-refractivity contribution < 1.29 is 8.78 Å². The summed E-state index contributed by atoms with van der Waals surface area (Å²) in [5.41, 5.74) is 6.09. The van der Waals surface area contributed by atoms with Crippen LogP contribution >= 0.6 is 0 Å². The first kappa shape index (κ1) is 13.6. The molecule has 0 spiro atoms. The van der Waals surface area contributed by atoms with Crippen LogP contribution in [0.1, 0.15) is 28.3 Å². The Morgan fingerprint density at radius 2 is 1.53 bits per heavy atom. The first-order valence-corrected chi connectivity index (χ1v) is 6.01. The lowest BCUT2D eigenvalue weighted by Gasteiger charge is -2.21. The van der Waals surface area contributed by atoms with Crippen molar-refractivity contribution in [2.24, 2.45) is 5.84 Å². The van der Waals surface area contributed by atoms with E-state index in [9.17, 15) is 8.78 Å². The van der Waals surface area contributed by atoms with Crippen LogP contribution < -0.4 is 11.3 Å². The summed E-state index contributed by atoms with van der Waals surface area (Å²) < 4.78 is 26.7. The molecule has 100 valence electrons. The second-order valence-electron chi connectivity index (χ2n) is 4.61. The Balaban J connectivity index is 2.56. The summed E-state index contributed by atoms with van der Waals surface area (Å²) in [5.74, 6) is 4.36. The number of nitrogens with two attached hydrogens (primary N) is 1. The van der Waals surface area contributed by atoms with Crippen LogP contribution in [-0.4, -0.2) is 0 Å². The fourth-order valence-corrected chi connectivity index (χ4v) is 2.37. The molecule has 19 heavy (non-hydrogen) atoms. The van der Waals surface area contributed by atoms with Crippen molar-refractivity contribution in [3.05, 3.63) is 70.3 Å². The minimum Gasteiger partial charge on any atom is -0.271 e. The van der Waals surface area contributed by atoms with Gasteiger partial charge in [-0.25, -0.2) is 14.2 Å². The SMILES string of the molecule is Cc1cccc(C)c1C(NN)c1cc(F)cc(F)c1. The van der Waals surface area contributed by atoms with Crippen molar-refractivity contribution in [1.29, 1.82) is 0 Å². The van der Waals surface area contributed by atoms with E-state index in [1.165, 1.54) is 12.1 Å². The van der Waals surface area contributed by atoms with E-state index >= 15 is 0 Å². The summed E-state index contributed by atoms with van der Waals surface area (Å²) in [6, 6.07) is 8.82. The molecule has 0 aliphatic heterocycles. The van der Waals surface area contributed by atoms with Crippen LogP contribution in [-0.2, 0) is 0 Å². The van der Waals surface area contributed by atoms with Crippen molar-refractivity contribution >= 4 is 0 Å². The molecule has 0 heterocycles. The van der Waals surface area contributed by atoms with Gasteiger partial charge >= 0.3 is 0 Å². The monoisotopic (exact) mass is 262 g/mol. The lowest BCUT2D eigenvalue weighted by atomic mass is 9.91. The predicted molar refractivity (Wildman–Crippen MR) is 71.4 cm³/mol. The summed E-state index contributed by atoms with van der Waals surface area (Å²) in [6.07, 6.45) is 0. The maximum Gasteiger partial charge on any atom is 0.126 e. The molecule has 0 aliphatic rings. The highest BCUT2D eigenvalue weighted by atomic mass is 19.1. The van der Waals surface area contributed by atoms with E-state index in [1.807, 2.05) is 32.0 Å². The van der Waals surface area contributed by atoms with Crippen LogP contribution in [0.15, 0.2) is 36.4 Å². The molecular weight excluding hydrogens is 246 g/mol. The Labute approximate surface area is 111 Å². The second-order valence-corrected chi connectivity index (χ2v) is 4.61. The lowest BCUT2D eigenvalue weighted by Crippen LogP contribution is -2.30. The minimum atomic E-state index is -0.610. The highest BCUT2D eigenvalue weighted by Gasteiger charge is 2.18. The molecule has 0 saturated carbocycles. The number of aryl methyl sites for hydroxylation is 2. The van der Waals surface area contributed by atoms with Crippen LogP contribution in [0.25, 0.3) is 0 Å². The Hall–Kier alpha value is -1.78. The van der Waals surface area contributed by atoms with Gasteiger partial charge in [0.25, 0.3) is 0 Å². The number of rotatable bonds is 3. The molecule has 0 amide bonds. The van der Waals surface area contributed by atoms with E-state index in [1.54, 1.807) is 0 Å². The molecule has 4 heteroatoms. The zero-order chi connectivity index (χ0) is 14.0. The molecule has 2 aromatic rings. The van der Waals surface area contributed by atoms with Crippen LogP contribution in [0.2, 0.25) is 0 Å². The van der Waals surface area contributed by atoms with Gasteiger partial charge in [-0.2, -0.15) is 0 Å². The summed E-state index contributed by atoms with van der Waals surface area (Å²) in [5, 5.41) is 0. The van der Waals surface area contributed by atoms with Crippen molar-refractivity contribution in [3.63, 3.8) is 0 Å². The summed E-state index contributed by atoms with van der Waals surface area (Å²) in [6.45, 7) is 3.89.